The van der Waals surface area contributed by atoms with Crippen LogP contribution in [0.1, 0.15) is 134 Å². The van der Waals surface area contributed by atoms with Crippen molar-refractivity contribution in [3.05, 3.63) is 23.3 Å². The zero-order valence-electron chi connectivity index (χ0n) is 47.5. The molecule has 0 aromatic heterocycles. The van der Waals surface area contributed by atoms with E-state index in [1.54, 1.807) is 19.9 Å². The van der Waals surface area contributed by atoms with Crippen molar-refractivity contribution in [1.29, 1.82) is 0 Å². The molecule has 27 atom stereocenters. The summed E-state index contributed by atoms with van der Waals surface area (Å²) in [7, 11) is 0. The van der Waals surface area contributed by atoms with Crippen molar-refractivity contribution in [2.75, 3.05) is 13.2 Å². The van der Waals surface area contributed by atoms with Gasteiger partial charge in [0, 0.05) is 23.3 Å². The van der Waals surface area contributed by atoms with E-state index in [1.807, 2.05) is 20.8 Å². The van der Waals surface area contributed by atoms with Gasteiger partial charge >= 0.3 is 17.9 Å². The molecule has 0 bridgehead atoms. The van der Waals surface area contributed by atoms with Gasteiger partial charge in [-0.15, -0.1) is 0 Å². The van der Waals surface area contributed by atoms with Crippen molar-refractivity contribution >= 4 is 17.9 Å². The number of rotatable bonds is 14. The van der Waals surface area contributed by atoms with Gasteiger partial charge in [0.2, 0.25) is 0 Å². The highest BCUT2D eigenvalue weighted by Gasteiger charge is 2.74. The molecule has 3 heterocycles. The maximum Gasteiger partial charge on any atom is 0.335 e. The SMILES string of the molecule is C/C=C(/C)C(=O)O[C@H]1[C@H](OC(C)=O)[C@@]2(CC)C(CC1(C)C)C1=CCC3[C@@]4(C)CC[C@H](O[C@@H]5OC(C(=O)O)[C@@H](O[C@@H]6OC(CO)[C@@H](O)[C@@H](O)C6O)[C@@H](O)C5O[C@@H]5OC(CO)[C@@H](O)[C@@H](O)C5O)[C@](C)(CC)C4CC[C@@]3(C)[C@]1(C)C[C@H]2O. The monoisotopic (exact) mass is 1130 g/mol. The van der Waals surface area contributed by atoms with Crippen molar-refractivity contribution < 1.29 is 108 Å². The van der Waals surface area contributed by atoms with Crippen molar-refractivity contribution in [3.63, 3.8) is 0 Å². The van der Waals surface area contributed by atoms with Crippen LogP contribution in [0.2, 0.25) is 0 Å². The van der Waals surface area contributed by atoms with Crippen molar-refractivity contribution in [3.8, 4) is 0 Å². The van der Waals surface area contributed by atoms with Gasteiger partial charge in [-0.2, -0.15) is 0 Å². The van der Waals surface area contributed by atoms with E-state index in [1.165, 1.54) is 12.5 Å². The third kappa shape index (κ3) is 9.97. The standard InChI is InChI=1S/C57H90O22/c1-12-25(4)48(71)79-45-46(72-26(5)60)57(14-3)28(21-52(45,6)7)27-15-16-32-54(9)19-18-34(53(8,13-2)31(54)17-20-55(32,10)56(27,11)22-33(57)61)75-51-43(77-50-40(67)38(65)36(63)30(24-59)74-50)41(68)42(44(78-51)47(69)70)76-49-39(66)37(64)35(62)29(23-58)73-49/h12,15,28-46,49-51,58-59,61-68H,13-14,16-24H2,1-11H3,(H,69,70)/b25-12-/t28?,29?,30?,31?,32?,33-,34+,35-,36-,37-,38-,39?,40?,41-,42+,43?,44?,45+,46+,49+,50+,51-,53-,54+,55-,56-,57+/m1/s1. The summed E-state index contributed by atoms with van der Waals surface area (Å²) in [5.41, 5.74) is -1.85. The minimum Gasteiger partial charge on any atom is -0.479 e. The van der Waals surface area contributed by atoms with Crippen LogP contribution < -0.4 is 0 Å². The van der Waals surface area contributed by atoms with Crippen LogP contribution in [0.4, 0.5) is 0 Å². The quantitative estimate of drug-likeness (QED) is 0.0508. The van der Waals surface area contributed by atoms with Crippen molar-refractivity contribution in [1.82, 2.24) is 0 Å². The van der Waals surface area contributed by atoms with Crippen LogP contribution in [0.5, 0.6) is 0 Å². The number of carbonyl (C=O) groups is 3. The zero-order valence-corrected chi connectivity index (χ0v) is 47.5. The highest BCUT2D eigenvalue weighted by molar-refractivity contribution is 5.87. The smallest absolute Gasteiger partial charge is 0.335 e. The van der Waals surface area contributed by atoms with Crippen LogP contribution in [0.3, 0.4) is 0 Å². The van der Waals surface area contributed by atoms with Crippen LogP contribution in [0, 0.1) is 50.2 Å². The topological polar surface area (TPSA) is 348 Å². The van der Waals surface area contributed by atoms with E-state index < -0.39 is 169 Å². The molecule has 7 fully saturated rings. The Bertz CT molecular complexity index is 2290. The summed E-state index contributed by atoms with van der Waals surface area (Å²) in [6, 6.07) is 0. The summed E-state index contributed by atoms with van der Waals surface area (Å²) in [6.45, 7) is 20.4. The second-order valence-corrected chi connectivity index (χ2v) is 25.9. The lowest BCUT2D eigenvalue weighted by molar-refractivity contribution is -0.391. The first-order valence-electron chi connectivity index (χ1n) is 28.5. The van der Waals surface area contributed by atoms with Crippen LogP contribution in [0.25, 0.3) is 0 Å². The number of aliphatic carboxylic acids is 1. The van der Waals surface area contributed by atoms with Crippen molar-refractivity contribution in [2.45, 2.75) is 250 Å². The molecule has 79 heavy (non-hydrogen) atoms. The van der Waals surface area contributed by atoms with Crippen LogP contribution >= 0.6 is 0 Å². The zero-order chi connectivity index (χ0) is 58.4. The Balaban J connectivity index is 1.12. The fraction of sp³-hybridized carbons (Fsp3) is 0.877. The molecule has 22 heteroatoms. The first-order valence-corrected chi connectivity index (χ1v) is 28.5. The fourth-order valence-electron chi connectivity index (χ4n) is 16.9. The number of allylic oxidation sites excluding steroid dienone is 3. The third-order valence-corrected chi connectivity index (χ3v) is 21.8. The second kappa shape index (κ2) is 22.7. The highest BCUT2D eigenvalue weighted by atomic mass is 16.8. The van der Waals surface area contributed by atoms with E-state index in [-0.39, 0.29) is 28.6 Å². The molecule has 0 aromatic carbocycles. The number of ether oxygens (including phenoxy) is 8. The maximum absolute atomic E-state index is 13.5. The molecular formula is C57H90O22. The minimum absolute atomic E-state index is 0.0162. The van der Waals surface area contributed by atoms with Gasteiger partial charge in [0.25, 0.3) is 0 Å². The number of carboxylic acids is 1. The molecule has 5 aliphatic carbocycles. The molecule has 4 saturated carbocycles. The molecule has 8 rings (SSSR count). The van der Waals surface area contributed by atoms with Crippen LogP contribution in [-0.4, -0.2) is 204 Å². The molecule has 11 N–H and O–H groups in total. The Morgan fingerprint density at radius 3 is 1.77 bits per heavy atom. The number of hydrogen-bond donors (Lipinski definition) is 11. The Morgan fingerprint density at radius 2 is 1.25 bits per heavy atom. The summed E-state index contributed by atoms with van der Waals surface area (Å²) in [6.07, 6.45) is -22.0. The molecule has 0 spiro atoms. The fourth-order valence-corrected chi connectivity index (χ4v) is 16.9. The van der Waals surface area contributed by atoms with Gasteiger partial charge in [-0.1, -0.05) is 73.1 Å². The number of fused-ring (bicyclic) bond motifs is 7. The molecule has 0 amide bonds. The molecule has 0 radical (unpaired) electrons. The first kappa shape index (κ1) is 62.3. The number of esters is 2. The number of aliphatic hydroxyl groups excluding tert-OH is 10. The number of carbonyl (C=O) groups excluding carboxylic acids is 2. The lowest BCUT2D eigenvalue weighted by Crippen LogP contribution is -2.71. The van der Waals surface area contributed by atoms with Crippen molar-refractivity contribution in [2.24, 2.45) is 50.2 Å². The highest BCUT2D eigenvalue weighted by Crippen LogP contribution is 2.77. The summed E-state index contributed by atoms with van der Waals surface area (Å²) in [4.78, 5) is 39.7. The van der Waals surface area contributed by atoms with Crippen LogP contribution in [0.15, 0.2) is 23.3 Å². The average molecular weight is 1130 g/mol. The molecule has 0 aromatic rings. The Morgan fingerprint density at radius 1 is 0.671 bits per heavy atom. The molecule has 22 nitrogen and oxygen atoms in total. The van der Waals surface area contributed by atoms with Crippen LogP contribution in [-0.2, 0) is 52.3 Å². The molecule has 450 valence electrons. The van der Waals surface area contributed by atoms with Gasteiger partial charge in [-0.3, -0.25) is 4.79 Å². The predicted octanol–water partition coefficient (Wildman–Crippen LogP) is 1.51. The van der Waals surface area contributed by atoms with Gasteiger partial charge < -0.3 is 94.1 Å². The maximum atomic E-state index is 13.5. The second-order valence-electron chi connectivity index (χ2n) is 25.9. The molecular weight excluding hydrogens is 1040 g/mol. The van der Waals surface area contributed by atoms with E-state index in [9.17, 15) is 70.6 Å². The summed E-state index contributed by atoms with van der Waals surface area (Å²) < 4.78 is 49.0. The van der Waals surface area contributed by atoms with Gasteiger partial charge in [0.05, 0.1) is 25.4 Å². The third-order valence-electron chi connectivity index (χ3n) is 21.8. The number of aliphatic hydroxyl groups is 10. The summed E-state index contributed by atoms with van der Waals surface area (Å²) in [5.74, 6) is -2.83. The normalized spacial score (nSPS) is 50.6. The summed E-state index contributed by atoms with van der Waals surface area (Å²) >= 11 is 0. The van der Waals surface area contributed by atoms with Gasteiger partial charge in [-0.25, -0.2) is 9.59 Å². The van der Waals surface area contributed by atoms with E-state index in [2.05, 4.69) is 40.7 Å². The number of carboxylic acid groups (broad SMARTS) is 1. The molecule has 3 aliphatic heterocycles. The van der Waals surface area contributed by atoms with Gasteiger partial charge in [-0.05, 0) is 111 Å². The summed E-state index contributed by atoms with van der Waals surface area (Å²) in [5, 5.41) is 120. The van der Waals surface area contributed by atoms with Gasteiger partial charge in [0.1, 0.15) is 79.4 Å². The van der Waals surface area contributed by atoms with E-state index in [4.69, 9.17) is 37.9 Å². The van der Waals surface area contributed by atoms with E-state index >= 15 is 0 Å². The first-order chi connectivity index (χ1) is 36.9. The molecule has 8 aliphatic rings. The van der Waals surface area contributed by atoms with E-state index in [0.29, 0.717) is 50.5 Å². The largest absolute Gasteiger partial charge is 0.479 e. The average Bonchev–Trinajstić information content (AvgIpc) is 3.25. The lowest BCUT2D eigenvalue weighted by Gasteiger charge is -2.73. The van der Waals surface area contributed by atoms with Gasteiger partial charge in [0.15, 0.2) is 25.0 Å². The molecule has 9 unspecified atom stereocenters. The van der Waals surface area contributed by atoms with E-state index in [0.717, 1.165) is 12.8 Å². The Kier molecular flexibility index (Phi) is 17.9. The molecule has 3 saturated heterocycles. The Hall–Kier alpha value is -2.75. The lowest BCUT2D eigenvalue weighted by atomic mass is 9.32. The predicted molar refractivity (Wildman–Crippen MR) is 275 cm³/mol. The minimum atomic E-state index is -2.10. The Labute approximate surface area is 462 Å². The number of hydrogen-bond acceptors (Lipinski definition) is 21.